The number of likely N-dealkylation sites (tertiary alicyclic amines) is 1. The minimum atomic E-state index is -0.494. The molecule has 8 heteroatoms. The van der Waals surface area contributed by atoms with Gasteiger partial charge in [-0.25, -0.2) is 9.37 Å². The van der Waals surface area contributed by atoms with Crippen LogP contribution in [0.3, 0.4) is 0 Å². The van der Waals surface area contributed by atoms with Gasteiger partial charge in [-0.2, -0.15) is 0 Å². The third kappa shape index (κ3) is 5.04. The molecule has 2 saturated heterocycles. The molecule has 2 aromatic carbocycles. The second-order valence-corrected chi connectivity index (χ2v) is 11.8. The highest BCUT2D eigenvalue weighted by Crippen LogP contribution is 2.44. The Kier molecular flexibility index (Phi) is 6.74. The molecule has 2 atom stereocenters. The van der Waals surface area contributed by atoms with Crippen LogP contribution in [0, 0.1) is 18.2 Å². The lowest BCUT2D eigenvalue weighted by atomic mass is 9.70. The van der Waals surface area contributed by atoms with Gasteiger partial charge in [-0.3, -0.25) is 24.8 Å². The standard InChI is InChI=1S/C32H33FN4O3/c1-19-35-28(17-40-19)21-6-4-20(5-7-21)16-37-13-12-26(32(2,3)18-37)24-8-10-27-25(30(24)33)14-22(15-34-27)23-9-11-29(38)36-31(23)39/h4-8,10,14-15,17,23,26H,9,11-13,16,18H2,1-3H3,(H,36,38,39). The lowest BCUT2D eigenvalue weighted by molar-refractivity contribution is -0.134. The maximum atomic E-state index is 16.1. The number of halogens is 1. The molecular formula is C32H33FN4O3. The molecule has 1 N–H and O–H groups in total. The summed E-state index contributed by atoms with van der Waals surface area (Å²) in [5.74, 6) is -0.667. The van der Waals surface area contributed by atoms with E-state index in [-0.39, 0.29) is 35.4 Å². The van der Waals surface area contributed by atoms with Gasteiger partial charge in [-0.05, 0) is 59.5 Å². The number of carbonyl (C=O) groups is 2. The number of fused-ring (bicyclic) bond motifs is 1. The van der Waals surface area contributed by atoms with Crippen LogP contribution in [0.5, 0.6) is 0 Å². The summed E-state index contributed by atoms with van der Waals surface area (Å²) in [4.78, 5) is 35.3. The van der Waals surface area contributed by atoms with Crippen LogP contribution < -0.4 is 5.32 Å². The molecule has 2 aromatic heterocycles. The van der Waals surface area contributed by atoms with E-state index in [1.807, 2.05) is 19.1 Å². The van der Waals surface area contributed by atoms with Crippen LogP contribution in [0.1, 0.15) is 67.5 Å². The molecule has 0 bridgehead atoms. The molecule has 2 aliphatic heterocycles. The topological polar surface area (TPSA) is 88.3 Å². The number of oxazole rings is 1. The first-order chi connectivity index (χ1) is 19.2. The number of imide groups is 1. The van der Waals surface area contributed by atoms with E-state index >= 15 is 4.39 Å². The largest absolute Gasteiger partial charge is 0.449 e. The minimum Gasteiger partial charge on any atom is -0.449 e. The number of nitrogens with zero attached hydrogens (tertiary/aromatic N) is 3. The number of amides is 2. The van der Waals surface area contributed by atoms with Gasteiger partial charge in [0.25, 0.3) is 0 Å². The number of hydrogen-bond donors (Lipinski definition) is 1. The molecule has 2 fully saturated rings. The van der Waals surface area contributed by atoms with Crippen LogP contribution in [0.15, 0.2) is 59.3 Å². The Morgan fingerprint density at radius 1 is 1.12 bits per heavy atom. The second-order valence-electron chi connectivity index (χ2n) is 11.8. The molecule has 4 heterocycles. The normalized spacial score (nSPS) is 21.5. The van der Waals surface area contributed by atoms with Gasteiger partial charge in [0.2, 0.25) is 11.8 Å². The van der Waals surface area contributed by atoms with Crippen LogP contribution in [0.4, 0.5) is 4.39 Å². The van der Waals surface area contributed by atoms with Crippen molar-refractivity contribution < 1.29 is 18.4 Å². The summed E-state index contributed by atoms with van der Waals surface area (Å²) < 4.78 is 21.4. The number of piperidine rings is 2. The molecule has 4 aromatic rings. The zero-order valence-corrected chi connectivity index (χ0v) is 23.0. The zero-order valence-electron chi connectivity index (χ0n) is 23.0. The first-order valence-electron chi connectivity index (χ1n) is 13.8. The van der Waals surface area contributed by atoms with E-state index in [9.17, 15) is 9.59 Å². The molecule has 0 spiro atoms. The van der Waals surface area contributed by atoms with E-state index in [2.05, 4.69) is 58.3 Å². The molecule has 0 saturated carbocycles. The van der Waals surface area contributed by atoms with Crippen molar-refractivity contribution in [1.29, 1.82) is 0 Å². The van der Waals surface area contributed by atoms with Crippen LogP contribution in [0.2, 0.25) is 0 Å². The Labute approximate surface area is 232 Å². The monoisotopic (exact) mass is 540 g/mol. The average molecular weight is 541 g/mol. The first kappa shape index (κ1) is 26.3. The fourth-order valence-electron chi connectivity index (χ4n) is 6.38. The fraction of sp³-hybridized carbons (Fsp3) is 0.375. The van der Waals surface area contributed by atoms with E-state index in [4.69, 9.17) is 4.42 Å². The van der Waals surface area contributed by atoms with Crippen molar-refractivity contribution in [2.24, 2.45) is 5.41 Å². The highest BCUT2D eigenvalue weighted by Gasteiger charge is 2.38. The molecule has 6 rings (SSSR count). The molecule has 2 amide bonds. The van der Waals surface area contributed by atoms with Crippen LogP contribution in [-0.4, -0.2) is 39.8 Å². The summed E-state index contributed by atoms with van der Waals surface area (Å²) in [6.07, 6.45) is 4.83. The van der Waals surface area contributed by atoms with Crippen molar-refractivity contribution in [3.05, 3.63) is 83.3 Å². The zero-order chi connectivity index (χ0) is 28.0. The third-order valence-electron chi connectivity index (χ3n) is 8.45. The Balaban J connectivity index is 1.19. The predicted molar refractivity (Wildman–Crippen MR) is 150 cm³/mol. The number of nitrogens with one attached hydrogen (secondary N) is 1. The molecule has 206 valence electrons. The van der Waals surface area contributed by atoms with Crippen LogP contribution in [0.25, 0.3) is 22.2 Å². The number of aromatic nitrogens is 2. The van der Waals surface area contributed by atoms with E-state index in [0.717, 1.165) is 37.3 Å². The van der Waals surface area contributed by atoms with Gasteiger partial charge in [0.05, 0.1) is 11.4 Å². The van der Waals surface area contributed by atoms with Crippen LogP contribution >= 0.6 is 0 Å². The van der Waals surface area contributed by atoms with Crippen molar-refractivity contribution >= 4 is 22.7 Å². The summed E-state index contributed by atoms with van der Waals surface area (Å²) in [6.45, 7) is 8.79. The van der Waals surface area contributed by atoms with E-state index in [1.165, 1.54) is 5.56 Å². The summed E-state index contributed by atoms with van der Waals surface area (Å²) in [5.41, 5.74) is 4.85. The Bertz CT molecular complexity index is 1590. The summed E-state index contributed by atoms with van der Waals surface area (Å²) in [7, 11) is 0. The highest BCUT2D eigenvalue weighted by atomic mass is 19.1. The summed E-state index contributed by atoms with van der Waals surface area (Å²) >= 11 is 0. The minimum absolute atomic E-state index is 0.0465. The summed E-state index contributed by atoms with van der Waals surface area (Å²) in [5, 5.41) is 2.82. The maximum Gasteiger partial charge on any atom is 0.234 e. The van der Waals surface area contributed by atoms with Gasteiger partial charge >= 0.3 is 0 Å². The molecular weight excluding hydrogens is 507 g/mol. The Morgan fingerprint density at radius 2 is 1.93 bits per heavy atom. The van der Waals surface area contributed by atoms with Gasteiger partial charge in [-0.15, -0.1) is 0 Å². The van der Waals surface area contributed by atoms with Crippen molar-refractivity contribution in [2.45, 2.75) is 58.4 Å². The number of pyridine rings is 1. The van der Waals surface area contributed by atoms with Gasteiger partial charge in [0.15, 0.2) is 5.89 Å². The van der Waals surface area contributed by atoms with Crippen molar-refractivity contribution in [3.63, 3.8) is 0 Å². The number of benzene rings is 2. The predicted octanol–water partition coefficient (Wildman–Crippen LogP) is 5.87. The fourth-order valence-corrected chi connectivity index (χ4v) is 6.38. The average Bonchev–Trinajstić information content (AvgIpc) is 3.36. The molecule has 2 aliphatic rings. The van der Waals surface area contributed by atoms with Crippen LogP contribution in [-0.2, 0) is 16.1 Å². The first-order valence-corrected chi connectivity index (χ1v) is 13.8. The quantitative estimate of drug-likeness (QED) is 0.319. The molecule has 7 nitrogen and oxygen atoms in total. The van der Waals surface area contributed by atoms with E-state index in [0.29, 0.717) is 34.3 Å². The molecule has 2 unspecified atom stereocenters. The number of aryl methyl sites for hydroxylation is 1. The SMILES string of the molecule is Cc1nc(-c2ccc(CN3CCC(c4ccc5ncc(C6CCC(=O)NC6=O)cc5c4F)C(C)(C)C3)cc2)co1. The number of hydrogen-bond acceptors (Lipinski definition) is 6. The van der Waals surface area contributed by atoms with Gasteiger partial charge < -0.3 is 4.42 Å². The third-order valence-corrected chi connectivity index (χ3v) is 8.45. The van der Waals surface area contributed by atoms with Gasteiger partial charge in [0, 0.05) is 43.6 Å². The lowest BCUT2D eigenvalue weighted by Gasteiger charge is -2.45. The Hall–Kier alpha value is -3.91. The van der Waals surface area contributed by atoms with Crippen molar-refractivity contribution in [1.82, 2.24) is 20.2 Å². The lowest BCUT2D eigenvalue weighted by Crippen LogP contribution is -2.44. The number of rotatable bonds is 5. The molecule has 40 heavy (non-hydrogen) atoms. The number of carbonyl (C=O) groups excluding carboxylic acids is 2. The van der Waals surface area contributed by atoms with E-state index < -0.39 is 5.92 Å². The molecule has 0 radical (unpaired) electrons. The van der Waals surface area contributed by atoms with Gasteiger partial charge in [-0.1, -0.05) is 44.2 Å². The Morgan fingerprint density at radius 3 is 2.62 bits per heavy atom. The smallest absolute Gasteiger partial charge is 0.234 e. The van der Waals surface area contributed by atoms with Gasteiger partial charge in [0.1, 0.15) is 17.8 Å². The van der Waals surface area contributed by atoms with E-state index in [1.54, 1.807) is 18.5 Å². The summed E-state index contributed by atoms with van der Waals surface area (Å²) in [6, 6.07) is 13.9. The highest BCUT2D eigenvalue weighted by molar-refractivity contribution is 6.01. The maximum absolute atomic E-state index is 16.1. The van der Waals surface area contributed by atoms with Crippen molar-refractivity contribution in [2.75, 3.05) is 13.1 Å². The molecule has 0 aliphatic carbocycles. The van der Waals surface area contributed by atoms with Crippen molar-refractivity contribution in [3.8, 4) is 11.3 Å². The second kappa shape index (κ2) is 10.2.